The molecular weight excluding hydrogens is 360 g/mol. The van der Waals surface area contributed by atoms with Gasteiger partial charge in [-0.2, -0.15) is 0 Å². The fourth-order valence-corrected chi connectivity index (χ4v) is 2.62. The molecule has 2 amide bonds. The van der Waals surface area contributed by atoms with Crippen LogP contribution in [0, 0.1) is 0 Å². The van der Waals surface area contributed by atoms with Crippen LogP contribution in [0.25, 0.3) is 6.08 Å². The van der Waals surface area contributed by atoms with Gasteiger partial charge < -0.3 is 24.8 Å². The van der Waals surface area contributed by atoms with E-state index in [1.807, 2.05) is 30.3 Å². The van der Waals surface area contributed by atoms with E-state index in [2.05, 4.69) is 10.6 Å². The summed E-state index contributed by atoms with van der Waals surface area (Å²) in [5.74, 6) is 1.06. The van der Waals surface area contributed by atoms with Crippen molar-refractivity contribution in [2.45, 2.75) is 6.42 Å². The maximum Gasteiger partial charge on any atom is 0.248 e. The second kappa shape index (κ2) is 9.57. The van der Waals surface area contributed by atoms with Crippen LogP contribution in [0.3, 0.4) is 0 Å². The number of fused-ring (bicyclic) bond motifs is 1. The number of nitrogens with one attached hydrogen (secondary N) is 2. The largest absolute Gasteiger partial charge is 0.454 e. The maximum atomic E-state index is 12.1. The molecule has 0 fully saturated rings. The van der Waals surface area contributed by atoms with Crippen LogP contribution in [0.15, 0.2) is 48.5 Å². The van der Waals surface area contributed by atoms with Crippen molar-refractivity contribution >= 4 is 23.6 Å². The van der Waals surface area contributed by atoms with Crippen LogP contribution in [-0.4, -0.2) is 38.9 Å². The number of carbonyl (C=O) groups is 2. The molecule has 2 aromatic carbocycles. The van der Waals surface area contributed by atoms with Crippen molar-refractivity contribution in [2.24, 2.45) is 0 Å². The van der Waals surface area contributed by atoms with Gasteiger partial charge in [-0.1, -0.05) is 18.2 Å². The third-order valence-corrected chi connectivity index (χ3v) is 4.04. The predicted octanol–water partition coefficient (Wildman–Crippen LogP) is 2.37. The summed E-state index contributed by atoms with van der Waals surface area (Å²) < 4.78 is 15.5. The molecule has 2 aromatic rings. The lowest BCUT2D eigenvalue weighted by atomic mass is 10.1. The minimum absolute atomic E-state index is 0.0690. The molecule has 0 aliphatic carbocycles. The second-order valence-electron chi connectivity index (χ2n) is 6.15. The highest BCUT2D eigenvalue weighted by atomic mass is 16.7. The molecule has 1 aliphatic heterocycles. The third-order valence-electron chi connectivity index (χ3n) is 4.04. The molecule has 1 heterocycles. The average molecular weight is 382 g/mol. The van der Waals surface area contributed by atoms with E-state index < -0.39 is 0 Å². The third kappa shape index (κ3) is 5.59. The zero-order valence-corrected chi connectivity index (χ0v) is 15.6. The van der Waals surface area contributed by atoms with Gasteiger partial charge in [-0.05, 0) is 41.5 Å². The van der Waals surface area contributed by atoms with Crippen LogP contribution >= 0.6 is 0 Å². The van der Waals surface area contributed by atoms with Gasteiger partial charge in [0.2, 0.25) is 18.6 Å². The summed E-state index contributed by atoms with van der Waals surface area (Å²) in [7, 11) is 1.59. The van der Waals surface area contributed by atoms with E-state index in [-0.39, 0.29) is 25.0 Å². The monoisotopic (exact) mass is 382 g/mol. The molecule has 1 aliphatic rings. The number of benzene rings is 2. The van der Waals surface area contributed by atoms with Crippen LogP contribution in [0.5, 0.6) is 11.5 Å². The van der Waals surface area contributed by atoms with Crippen LogP contribution in [0.1, 0.15) is 11.1 Å². The number of amides is 2. The van der Waals surface area contributed by atoms with Gasteiger partial charge in [-0.3, -0.25) is 9.59 Å². The van der Waals surface area contributed by atoms with Crippen molar-refractivity contribution in [3.63, 3.8) is 0 Å². The highest BCUT2D eigenvalue weighted by Crippen LogP contribution is 2.32. The van der Waals surface area contributed by atoms with Crippen molar-refractivity contribution in [2.75, 3.05) is 32.4 Å². The average Bonchev–Trinajstić information content (AvgIpc) is 3.16. The Bertz CT molecular complexity index is 862. The molecule has 7 heteroatoms. The number of anilines is 1. The zero-order valence-electron chi connectivity index (χ0n) is 15.6. The molecule has 0 radical (unpaired) electrons. The molecule has 0 saturated carbocycles. The van der Waals surface area contributed by atoms with Crippen molar-refractivity contribution in [3.8, 4) is 11.5 Å². The van der Waals surface area contributed by atoms with Gasteiger partial charge in [-0.25, -0.2) is 0 Å². The van der Waals surface area contributed by atoms with Crippen molar-refractivity contribution in [1.29, 1.82) is 0 Å². The first-order chi connectivity index (χ1) is 13.6. The fourth-order valence-electron chi connectivity index (χ4n) is 2.62. The number of rotatable bonds is 8. The van der Waals surface area contributed by atoms with Crippen LogP contribution in [-0.2, 0) is 20.7 Å². The summed E-state index contributed by atoms with van der Waals surface area (Å²) in [5.41, 5.74) is 2.36. The molecule has 0 aromatic heterocycles. The number of hydrogen-bond acceptors (Lipinski definition) is 5. The number of ether oxygens (including phenoxy) is 3. The molecule has 0 atom stereocenters. The van der Waals surface area contributed by atoms with E-state index in [0.717, 1.165) is 11.1 Å². The van der Waals surface area contributed by atoms with Gasteiger partial charge in [0.25, 0.3) is 0 Å². The summed E-state index contributed by atoms with van der Waals surface area (Å²) in [5, 5.41) is 5.56. The molecule has 28 heavy (non-hydrogen) atoms. The molecular formula is C21H22N2O5. The predicted molar refractivity (Wildman–Crippen MR) is 105 cm³/mol. The first kappa shape index (κ1) is 19.4. The lowest BCUT2D eigenvalue weighted by molar-refractivity contribution is -0.120. The normalized spacial score (nSPS) is 12.2. The topological polar surface area (TPSA) is 85.9 Å². The quantitative estimate of drug-likeness (QED) is 0.541. The second-order valence-corrected chi connectivity index (χ2v) is 6.15. The molecule has 0 unspecified atom stereocenters. The molecule has 7 nitrogen and oxygen atoms in total. The summed E-state index contributed by atoms with van der Waals surface area (Å²) in [6, 6.07) is 12.6. The van der Waals surface area contributed by atoms with E-state index >= 15 is 0 Å². The van der Waals surface area contributed by atoms with Crippen molar-refractivity contribution < 1.29 is 23.8 Å². The van der Waals surface area contributed by atoms with E-state index in [1.54, 1.807) is 25.3 Å². The summed E-state index contributed by atoms with van der Waals surface area (Å²) in [6.07, 6.45) is 3.44. The maximum absolute atomic E-state index is 12.1. The van der Waals surface area contributed by atoms with Gasteiger partial charge in [-0.15, -0.1) is 0 Å². The molecule has 2 N–H and O–H groups in total. The zero-order chi connectivity index (χ0) is 19.8. The Morgan fingerprint density at radius 3 is 2.68 bits per heavy atom. The minimum atomic E-state index is -0.247. The molecule has 146 valence electrons. The Morgan fingerprint density at radius 2 is 1.89 bits per heavy atom. The van der Waals surface area contributed by atoms with Gasteiger partial charge in [0.05, 0.1) is 13.0 Å². The number of carbonyl (C=O) groups excluding carboxylic acids is 2. The summed E-state index contributed by atoms with van der Waals surface area (Å²) >= 11 is 0. The minimum Gasteiger partial charge on any atom is -0.454 e. The van der Waals surface area contributed by atoms with Crippen molar-refractivity contribution in [3.05, 3.63) is 59.7 Å². The van der Waals surface area contributed by atoms with Gasteiger partial charge >= 0.3 is 0 Å². The smallest absolute Gasteiger partial charge is 0.248 e. The van der Waals surface area contributed by atoms with Gasteiger partial charge in [0, 0.05) is 25.4 Å². The Balaban J connectivity index is 1.49. The Morgan fingerprint density at radius 1 is 1.11 bits per heavy atom. The first-order valence-corrected chi connectivity index (χ1v) is 8.87. The molecule has 0 spiro atoms. The summed E-state index contributed by atoms with van der Waals surface area (Å²) in [6.45, 7) is 1.18. The SMILES string of the molecule is COCCNC(=O)Cc1ccc(NC(=O)/C=C/c2ccc3c(c2)OCO3)cc1. The highest BCUT2D eigenvalue weighted by Gasteiger charge is 2.12. The van der Waals surface area contributed by atoms with Crippen LogP contribution in [0.2, 0.25) is 0 Å². The Kier molecular flexibility index (Phi) is 6.64. The molecule has 0 bridgehead atoms. The van der Waals surface area contributed by atoms with Crippen LogP contribution < -0.4 is 20.1 Å². The summed E-state index contributed by atoms with van der Waals surface area (Å²) in [4.78, 5) is 23.9. The van der Waals surface area contributed by atoms with E-state index in [1.165, 1.54) is 6.08 Å². The van der Waals surface area contributed by atoms with E-state index in [0.29, 0.717) is 30.3 Å². The van der Waals surface area contributed by atoms with Gasteiger partial charge in [0.1, 0.15) is 0 Å². The number of hydrogen-bond donors (Lipinski definition) is 2. The molecule has 0 saturated heterocycles. The van der Waals surface area contributed by atoms with E-state index in [9.17, 15) is 9.59 Å². The standard InChI is InChI=1S/C21H22N2O5/c1-26-11-10-22-21(25)13-16-2-6-17(7-3-16)23-20(24)9-5-15-4-8-18-19(12-15)28-14-27-18/h2-9,12H,10-11,13-14H2,1H3,(H,22,25)(H,23,24)/b9-5+. The Hall–Kier alpha value is -3.32. The van der Waals surface area contributed by atoms with E-state index in [4.69, 9.17) is 14.2 Å². The first-order valence-electron chi connectivity index (χ1n) is 8.87. The van der Waals surface area contributed by atoms with Crippen molar-refractivity contribution in [1.82, 2.24) is 5.32 Å². The fraction of sp³-hybridized carbons (Fsp3) is 0.238. The lowest BCUT2D eigenvalue weighted by Gasteiger charge is -2.06. The number of methoxy groups -OCH3 is 1. The molecule has 3 rings (SSSR count). The lowest BCUT2D eigenvalue weighted by Crippen LogP contribution is -2.28. The highest BCUT2D eigenvalue weighted by molar-refractivity contribution is 6.02. The van der Waals surface area contributed by atoms with Gasteiger partial charge in [0.15, 0.2) is 11.5 Å². The Labute approximate surface area is 163 Å². The van der Waals surface area contributed by atoms with Crippen LogP contribution in [0.4, 0.5) is 5.69 Å².